The molecule has 144 valence electrons. The number of para-hydroxylation sites is 2. The number of hydrogen-bond donors (Lipinski definition) is 1. The van der Waals surface area contributed by atoms with Crippen LogP contribution in [0.5, 0.6) is 0 Å². The summed E-state index contributed by atoms with van der Waals surface area (Å²) < 4.78 is 0. The van der Waals surface area contributed by atoms with Crippen LogP contribution in [0.2, 0.25) is 0 Å². The van der Waals surface area contributed by atoms with Crippen LogP contribution in [-0.4, -0.2) is 23.5 Å². The normalized spacial score (nSPS) is 15.0. The summed E-state index contributed by atoms with van der Waals surface area (Å²) in [5, 5.41) is 3.64. The molecular weight excluding hydrogens is 330 g/mol. The van der Waals surface area contributed by atoms with Gasteiger partial charge in [0.2, 0.25) is 0 Å². The van der Waals surface area contributed by atoms with Gasteiger partial charge in [0.25, 0.3) is 0 Å². The van der Waals surface area contributed by atoms with Crippen molar-refractivity contribution in [3.8, 4) is 0 Å². The molecule has 3 heteroatoms. The predicted molar refractivity (Wildman–Crippen MR) is 119 cm³/mol. The van der Waals surface area contributed by atoms with Gasteiger partial charge in [-0.2, -0.15) is 0 Å². The quantitative estimate of drug-likeness (QED) is 0.612. The van der Waals surface area contributed by atoms with E-state index >= 15 is 0 Å². The summed E-state index contributed by atoms with van der Waals surface area (Å²) in [6.45, 7) is 17.0. The molecule has 0 aliphatic heterocycles. The van der Waals surface area contributed by atoms with Crippen molar-refractivity contribution in [3.63, 3.8) is 0 Å². The fourth-order valence-corrected chi connectivity index (χ4v) is 3.13. The summed E-state index contributed by atoms with van der Waals surface area (Å²) in [6.07, 6.45) is 0. The maximum Gasteiger partial charge on any atom is 0.0687 e. The summed E-state index contributed by atoms with van der Waals surface area (Å²) in [7, 11) is 0. The van der Waals surface area contributed by atoms with Crippen molar-refractivity contribution in [1.29, 1.82) is 0 Å². The number of hydrogen-bond acceptors (Lipinski definition) is 3. The first kappa shape index (κ1) is 21.0. The summed E-state index contributed by atoms with van der Waals surface area (Å²) in [4.78, 5) is 9.79. The van der Waals surface area contributed by atoms with Crippen LogP contribution < -0.4 is 5.32 Å². The van der Waals surface area contributed by atoms with Gasteiger partial charge in [-0.1, -0.05) is 36.4 Å². The highest BCUT2D eigenvalue weighted by Crippen LogP contribution is 2.24. The van der Waals surface area contributed by atoms with E-state index in [0.29, 0.717) is 0 Å². The summed E-state index contributed by atoms with van der Waals surface area (Å²) in [5.74, 6) is 0. The van der Waals surface area contributed by atoms with Crippen LogP contribution in [0.1, 0.15) is 49.9 Å². The van der Waals surface area contributed by atoms with Crippen molar-refractivity contribution in [2.75, 3.05) is 0 Å². The molecule has 0 radical (unpaired) electrons. The minimum absolute atomic E-state index is 0.169. The molecule has 0 heterocycles. The van der Waals surface area contributed by atoms with Gasteiger partial charge in [0.05, 0.1) is 11.4 Å². The number of aryl methyl sites for hydroxylation is 4. The molecule has 1 N–H and O–H groups in total. The van der Waals surface area contributed by atoms with E-state index in [1.165, 1.54) is 22.3 Å². The van der Waals surface area contributed by atoms with Crippen LogP contribution >= 0.6 is 0 Å². The van der Waals surface area contributed by atoms with E-state index < -0.39 is 0 Å². The molecule has 0 saturated carbocycles. The first-order chi connectivity index (χ1) is 12.7. The highest BCUT2D eigenvalue weighted by atomic mass is 15.0. The zero-order valence-electron chi connectivity index (χ0n) is 18.0. The van der Waals surface area contributed by atoms with Crippen LogP contribution in [0.3, 0.4) is 0 Å². The second kappa shape index (κ2) is 9.09. The summed E-state index contributed by atoms with van der Waals surface area (Å²) in [5.41, 5.74) is 9.17. The molecule has 0 bridgehead atoms. The van der Waals surface area contributed by atoms with Crippen LogP contribution in [0.4, 0.5) is 11.4 Å². The van der Waals surface area contributed by atoms with Gasteiger partial charge in [0.15, 0.2) is 0 Å². The van der Waals surface area contributed by atoms with Crippen molar-refractivity contribution in [2.24, 2.45) is 9.98 Å². The van der Waals surface area contributed by atoms with Crippen LogP contribution in [0, 0.1) is 27.7 Å². The molecule has 2 atom stereocenters. The van der Waals surface area contributed by atoms with Gasteiger partial charge in [-0.15, -0.1) is 0 Å². The molecule has 0 amide bonds. The Labute approximate surface area is 164 Å². The molecule has 3 nitrogen and oxygen atoms in total. The lowest BCUT2D eigenvalue weighted by Gasteiger charge is -2.21. The zero-order valence-corrected chi connectivity index (χ0v) is 18.0. The van der Waals surface area contributed by atoms with E-state index in [9.17, 15) is 0 Å². The van der Waals surface area contributed by atoms with E-state index in [4.69, 9.17) is 9.98 Å². The fourth-order valence-electron chi connectivity index (χ4n) is 3.13. The van der Waals surface area contributed by atoms with Crippen molar-refractivity contribution in [1.82, 2.24) is 5.32 Å². The number of nitrogens with zero attached hydrogens (tertiary/aromatic N) is 2. The first-order valence-electron chi connectivity index (χ1n) is 9.69. The van der Waals surface area contributed by atoms with Gasteiger partial charge in [-0.3, -0.25) is 9.98 Å². The number of aliphatic imine (C=N–C) groups is 2. The number of benzene rings is 2. The molecule has 2 unspecified atom stereocenters. The Morgan fingerprint density at radius 3 is 1.26 bits per heavy atom. The second-order valence-electron chi connectivity index (χ2n) is 7.60. The topological polar surface area (TPSA) is 36.8 Å². The SMILES string of the molecule is CC(=Nc1c(C)cccc1C)C(C)NC(C)C(C)=Nc1c(C)cccc1C. The molecule has 0 aliphatic carbocycles. The van der Waals surface area contributed by atoms with Gasteiger partial charge < -0.3 is 5.32 Å². The molecule has 0 aliphatic rings. The van der Waals surface area contributed by atoms with E-state index in [0.717, 1.165) is 22.8 Å². The smallest absolute Gasteiger partial charge is 0.0687 e. The number of rotatable bonds is 6. The zero-order chi connectivity index (χ0) is 20.1. The molecular formula is C24H33N3. The monoisotopic (exact) mass is 363 g/mol. The average Bonchev–Trinajstić information content (AvgIpc) is 2.61. The largest absolute Gasteiger partial charge is 0.301 e. The molecule has 27 heavy (non-hydrogen) atoms. The molecule has 0 fully saturated rings. The summed E-state index contributed by atoms with van der Waals surface area (Å²) >= 11 is 0. The van der Waals surface area contributed by atoms with E-state index in [2.05, 4.69) is 97.1 Å². The van der Waals surface area contributed by atoms with Gasteiger partial charge in [0, 0.05) is 23.5 Å². The fraction of sp³-hybridized carbons (Fsp3) is 0.417. The van der Waals surface area contributed by atoms with Crippen LogP contribution in [0.15, 0.2) is 46.4 Å². The number of nitrogens with one attached hydrogen (secondary N) is 1. The molecule has 2 aromatic carbocycles. The van der Waals surface area contributed by atoms with Gasteiger partial charge in [-0.05, 0) is 77.6 Å². The maximum absolute atomic E-state index is 4.90. The Morgan fingerprint density at radius 1 is 0.667 bits per heavy atom. The van der Waals surface area contributed by atoms with Crippen molar-refractivity contribution < 1.29 is 0 Å². The predicted octanol–water partition coefficient (Wildman–Crippen LogP) is 6.17. The third-order valence-electron chi connectivity index (χ3n) is 5.21. The Morgan fingerprint density at radius 2 is 0.963 bits per heavy atom. The van der Waals surface area contributed by atoms with E-state index in [-0.39, 0.29) is 12.1 Å². The third kappa shape index (κ3) is 5.36. The van der Waals surface area contributed by atoms with Crippen LogP contribution in [0.25, 0.3) is 0 Å². The lowest BCUT2D eigenvalue weighted by Crippen LogP contribution is -2.42. The standard InChI is InChI=1S/C24H33N3/c1-15-11-9-12-16(2)23(15)26-21(7)19(5)25-20(6)22(8)27-24-17(3)13-10-14-18(24)4/h9-14,19-20,25H,1-8H3. The van der Waals surface area contributed by atoms with E-state index in [1.54, 1.807) is 0 Å². The molecule has 0 saturated heterocycles. The summed E-state index contributed by atoms with van der Waals surface area (Å²) in [6, 6.07) is 12.9. The van der Waals surface area contributed by atoms with Gasteiger partial charge >= 0.3 is 0 Å². The van der Waals surface area contributed by atoms with Crippen molar-refractivity contribution in [2.45, 2.75) is 67.5 Å². The average molecular weight is 364 g/mol. The Balaban J connectivity index is 2.15. The van der Waals surface area contributed by atoms with Gasteiger partial charge in [-0.25, -0.2) is 0 Å². The highest BCUT2D eigenvalue weighted by Gasteiger charge is 2.14. The molecule has 0 spiro atoms. The molecule has 0 aromatic heterocycles. The minimum atomic E-state index is 0.169. The lowest BCUT2D eigenvalue weighted by molar-refractivity contribution is 0.624. The second-order valence-corrected chi connectivity index (χ2v) is 7.60. The third-order valence-corrected chi connectivity index (χ3v) is 5.21. The van der Waals surface area contributed by atoms with Gasteiger partial charge in [0.1, 0.15) is 0 Å². The van der Waals surface area contributed by atoms with Crippen molar-refractivity contribution in [3.05, 3.63) is 58.7 Å². The molecule has 2 rings (SSSR count). The minimum Gasteiger partial charge on any atom is -0.301 e. The maximum atomic E-state index is 4.90. The van der Waals surface area contributed by atoms with Crippen molar-refractivity contribution >= 4 is 22.8 Å². The Kier molecular flexibility index (Phi) is 7.09. The Hall–Kier alpha value is -2.26. The van der Waals surface area contributed by atoms with E-state index in [1.807, 2.05) is 0 Å². The highest BCUT2D eigenvalue weighted by molar-refractivity contribution is 5.93. The first-order valence-corrected chi connectivity index (χ1v) is 9.69. The molecule has 2 aromatic rings. The Bertz CT molecular complexity index is 750. The van der Waals surface area contributed by atoms with Crippen LogP contribution in [-0.2, 0) is 0 Å². The lowest BCUT2D eigenvalue weighted by atomic mass is 10.1.